The van der Waals surface area contributed by atoms with Crippen molar-refractivity contribution >= 4 is 40.1 Å². The molecule has 0 radical (unpaired) electrons. The summed E-state index contributed by atoms with van der Waals surface area (Å²) in [6, 6.07) is 15.3. The number of nitrogens with zero attached hydrogens (tertiary/aromatic N) is 4. The maximum atomic E-state index is 11.4. The molecular weight excluding hydrogens is 498 g/mol. The topological polar surface area (TPSA) is 127 Å². The van der Waals surface area contributed by atoms with Gasteiger partial charge in [-0.1, -0.05) is 12.1 Å². The second-order valence-corrected chi connectivity index (χ2v) is 10.2. The van der Waals surface area contributed by atoms with Crippen LogP contribution >= 0.6 is 0 Å². The number of aromatic nitrogens is 4. The maximum absolute atomic E-state index is 11.4. The van der Waals surface area contributed by atoms with Gasteiger partial charge in [-0.15, -0.1) is 0 Å². The van der Waals surface area contributed by atoms with Crippen molar-refractivity contribution in [2.75, 3.05) is 56.1 Å². The van der Waals surface area contributed by atoms with Gasteiger partial charge in [-0.05, 0) is 49.2 Å². The smallest absolute Gasteiger partial charge is 0.227 e. The minimum Gasteiger partial charge on any atom is -0.497 e. The van der Waals surface area contributed by atoms with Crippen LogP contribution in [0, 0.1) is 11.3 Å². The Morgan fingerprint density at radius 3 is 2.49 bits per heavy atom. The highest BCUT2D eigenvalue weighted by atomic mass is 16.5. The van der Waals surface area contributed by atoms with Crippen LogP contribution in [0.15, 0.2) is 54.7 Å². The minimum absolute atomic E-state index is 0.134. The molecule has 202 valence electrons. The maximum Gasteiger partial charge on any atom is 0.227 e. The third kappa shape index (κ3) is 5.30. The fourth-order valence-corrected chi connectivity index (χ4v) is 4.67. The molecule has 4 aromatic rings. The summed E-state index contributed by atoms with van der Waals surface area (Å²) in [6.07, 6.45) is 3.76. The van der Waals surface area contributed by atoms with Gasteiger partial charge in [0, 0.05) is 30.1 Å². The predicted molar refractivity (Wildman–Crippen MR) is 148 cm³/mol. The van der Waals surface area contributed by atoms with E-state index in [1.807, 2.05) is 48.5 Å². The Hall–Kier alpha value is -4.38. The van der Waals surface area contributed by atoms with Crippen molar-refractivity contribution in [2.45, 2.75) is 12.8 Å². The van der Waals surface area contributed by atoms with E-state index in [9.17, 15) is 4.79 Å². The van der Waals surface area contributed by atoms with Crippen LogP contribution in [0.4, 0.5) is 23.3 Å². The molecule has 0 atom stereocenters. The zero-order chi connectivity index (χ0) is 26.8. The van der Waals surface area contributed by atoms with Gasteiger partial charge in [-0.25, -0.2) is 4.98 Å². The fraction of sp³-hybridized carbons (Fsp3) is 0.357. The van der Waals surface area contributed by atoms with Gasteiger partial charge in [-0.2, -0.15) is 10.1 Å². The van der Waals surface area contributed by atoms with E-state index in [0.29, 0.717) is 28.7 Å². The highest BCUT2D eigenvalue weighted by molar-refractivity contribution is 5.94. The zero-order valence-corrected chi connectivity index (χ0v) is 21.9. The van der Waals surface area contributed by atoms with Crippen LogP contribution < -0.4 is 25.0 Å². The molecule has 0 bridgehead atoms. The number of fused-ring (bicyclic) bond motifs is 1. The Bertz CT molecular complexity index is 1460. The molecule has 2 aromatic carbocycles. The first-order valence-electron chi connectivity index (χ1n) is 12.9. The van der Waals surface area contributed by atoms with Gasteiger partial charge in [-0.3, -0.25) is 9.89 Å². The van der Waals surface area contributed by atoms with Crippen LogP contribution in [-0.4, -0.2) is 66.6 Å². The molecule has 3 aliphatic rings. The number of benzene rings is 2. The number of para-hydroxylation sites is 1. The number of H-pyrrole nitrogens is 1. The third-order valence-electron chi connectivity index (χ3n) is 7.13. The van der Waals surface area contributed by atoms with Gasteiger partial charge in [0.15, 0.2) is 17.4 Å². The first-order chi connectivity index (χ1) is 19.1. The van der Waals surface area contributed by atoms with Crippen LogP contribution in [0.2, 0.25) is 0 Å². The van der Waals surface area contributed by atoms with Crippen LogP contribution in [0.5, 0.6) is 11.5 Å². The van der Waals surface area contributed by atoms with Gasteiger partial charge in [0.05, 0.1) is 44.6 Å². The summed E-state index contributed by atoms with van der Waals surface area (Å²) in [6.45, 7) is 3.54. The van der Waals surface area contributed by atoms with E-state index in [-0.39, 0.29) is 11.8 Å². The normalized spacial score (nSPS) is 16.9. The van der Waals surface area contributed by atoms with Crippen LogP contribution in [0.3, 0.4) is 0 Å². The van der Waals surface area contributed by atoms with Crippen LogP contribution in [0.1, 0.15) is 12.8 Å². The van der Waals surface area contributed by atoms with Crippen LogP contribution in [-0.2, 0) is 9.53 Å². The van der Waals surface area contributed by atoms with Crippen molar-refractivity contribution in [2.24, 2.45) is 11.3 Å². The number of nitrogens with one attached hydrogen (secondary N) is 3. The summed E-state index contributed by atoms with van der Waals surface area (Å²) >= 11 is 0. The lowest BCUT2D eigenvalue weighted by atomic mass is 9.78. The second kappa shape index (κ2) is 10.4. The lowest BCUT2D eigenvalue weighted by Gasteiger charge is -2.54. The molecule has 0 unspecified atom stereocenters. The van der Waals surface area contributed by atoms with E-state index in [0.717, 1.165) is 61.5 Å². The highest BCUT2D eigenvalue weighted by Gasteiger charge is 2.50. The second-order valence-electron chi connectivity index (χ2n) is 10.2. The summed E-state index contributed by atoms with van der Waals surface area (Å²) in [5, 5.41) is 14.5. The molecule has 11 nitrogen and oxygen atoms in total. The van der Waals surface area contributed by atoms with Crippen molar-refractivity contribution < 1.29 is 19.0 Å². The lowest BCUT2D eigenvalue weighted by Crippen LogP contribution is -2.66. The SMILES string of the molecule is COc1ccc(NC(=O)C2CC2)cc1.COc1cnc(N2CC3(COC3)C2)nc1Nc1n[nH]c2ccccc12. The summed E-state index contributed by atoms with van der Waals surface area (Å²) < 4.78 is 15.7. The van der Waals surface area contributed by atoms with Gasteiger partial charge < -0.3 is 29.7 Å². The third-order valence-corrected chi connectivity index (χ3v) is 7.13. The van der Waals surface area contributed by atoms with Crippen molar-refractivity contribution in [3.63, 3.8) is 0 Å². The zero-order valence-electron chi connectivity index (χ0n) is 21.9. The number of rotatable bonds is 7. The molecule has 2 saturated heterocycles. The number of carbonyl (C=O) groups excluding carboxylic acids is 1. The number of methoxy groups -OCH3 is 2. The summed E-state index contributed by atoms with van der Waals surface area (Å²) in [7, 11) is 3.23. The van der Waals surface area contributed by atoms with Crippen molar-refractivity contribution in [3.05, 3.63) is 54.7 Å². The summed E-state index contributed by atoms with van der Waals surface area (Å²) in [5.41, 5.74) is 2.12. The molecule has 1 aliphatic carbocycles. The van der Waals surface area contributed by atoms with E-state index in [1.54, 1.807) is 20.4 Å². The monoisotopic (exact) mass is 529 g/mol. The quantitative estimate of drug-likeness (QED) is 0.326. The Morgan fingerprint density at radius 2 is 1.82 bits per heavy atom. The van der Waals surface area contributed by atoms with Crippen molar-refractivity contribution in [1.82, 2.24) is 20.2 Å². The lowest BCUT2D eigenvalue weighted by molar-refractivity contribution is -0.127. The predicted octanol–water partition coefficient (Wildman–Crippen LogP) is 3.99. The molecule has 2 aromatic heterocycles. The number of hydrogen-bond donors (Lipinski definition) is 3. The van der Waals surface area contributed by atoms with Gasteiger partial charge >= 0.3 is 0 Å². The molecule has 1 saturated carbocycles. The van der Waals surface area contributed by atoms with Crippen molar-refractivity contribution in [3.8, 4) is 11.5 Å². The van der Waals surface area contributed by atoms with Crippen LogP contribution in [0.25, 0.3) is 10.9 Å². The van der Waals surface area contributed by atoms with Gasteiger partial charge in [0.1, 0.15) is 5.75 Å². The number of anilines is 4. The van der Waals surface area contributed by atoms with E-state index in [1.165, 1.54) is 0 Å². The standard InChI is InChI=1S/C17H18N6O2.C11H13NO2/c1-24-13-6-18-16(23-7-17(8-23)9-25-10-17)20-15(13)19-14-11-4-2-3-5-12(11)21-22-14;1-14-10-6-4-9(5-7-10)12-11(13)8-2-3-8/h2-6H,7-10H2,1H3,(H2,18,19,20,21,22);4-8H,2-3H2,1H3,(H,12,13). The first-order valence-corrected chi connectivity index (χ1v) is 12.9. The molecule has 3 N–H and O–H groups in total. The molecular formula is C28H31N7O4. The molecule has 39 heavy (non-hydrogen) atoms. The molecule has 1 amide bonds. The fourth-order valence-electron chi connectivity index (χ4n) is 4.67. The number of amides is 1. The largest absolute Gasteiger partial charge is 0.497 e. The number of aromatic amines is 1. The van der Waals surface area contributed by atoms with E-state index in [2.05, 4.69) is 35.7 Å². The molecule has 11 heteroatoms. The average molecular weight is 530 g/mol. The molecule has 3 fully saturated rings. The highest BCUT2D eigenvalue weighted by Crippen LogP contribution is 2.40. The Morgan fingerprint density at radius 1 is 1.05 bits per heavy atom. The summed E-state index contributed by atoms with van der Waals surface area (Å²) in [4.78, 5) is 22.6. The minimum atomic E-state index is 0.134. The van der Waals surface area contributed by atoms with E-state index >= 15 is 0 Å². The molecule has 1 spiro atoms. The average Bonchev–Trinajstić information content (AvgIpc) is 3.70. The first kappa shape index (κ1) is 24.9. The number of ether oxygens (including phenoxy) is 3. The van der Waals surface area contributed by atoms with E-state index in [4.69, 9.17) is 14.2 Å². The number of hydrogen-bond acceptors (Lipinski definition) is 9. The van der Waals surface area contributed by atoms with E-state index < -0.39 is 0 Å². The Kier molecular flexibility index (Phi) is 6.65. The molecule has 2 aliphatic heterocycles. The number of carbonyl (C=O) groups is 1. The Balaban J connectivity index is 0.000000168. The molecule has 4 heterocycles. The van der Waals surface area contributed by atoms with Crippen molar-refractivity contribution in [1.29, 1.82) is 0 Å². The Labute approximate surface area is 225 Å². The van der Waals surface area contributed by atoms with Gasteiger partial charge in [0.2, 0.25) is 11.9 Å². The molecule has 7 rings (SSSR count). The summed E-state index contributed by atoms with van der Waals surface area (Å²) in [5.74, 6) is 3.78. The van der Waals surface area contributed by atoms with Gasteiger partial charge in [0.25, 0.3) is 0 Å².